The third kappa shape index (κ3) is 3.53. The van der Waals surface area contributed by atoms with Gasteiger partial charge < -0.3 is 10.4 Å². The summed E-state index contributed by atoms with van der Waals surface area (Å²) in [5.74, 6) is -0.579. The van der Waals surface area contributed by atoms with Crippen molar-refractivity contribution in [3.05, 3.63) is 35.1 Å². The van der Waals surface area contributed by atoms with E-state index in [1.807, 2.05) is 0 Å². The van der Waals surface area contributed by atoms with Crippen LogP contribution in [0.25, 0.3) is 0 Å². The van der Waals surface area contributed by atoms with Gasteiger partial charge in [-0.3, -0.25) is 4.79 Å². The van der Waals surface area contributed by atoms with Gasteiger partial charge in [0.05, 0.1) is 5.60 Å². The van der Waals surface area contributed by atoms with Crippen molar-refractivity contribution in [2.45, 2.75) is 44.6 Å². The molecule has 4 heteroatoms. The summed E-state index contributed by atoms with van der Waals surface area (Å²) in [6.07, 6.45) is 4.61. The Morgan fingerprint density at radius 3 is 2.68 bits per heavy atom. The molecule has 19 heavy (non-hydrogen) atoms. The van der Waals surface area contributed by atoms with Gasteiger partial charge in [-0.15, -0.1) is 0 Å². The lowest BCUT2D eigenvalue weighted by molar-refractivity contribution is 0.00525. The molecule has 0 saturated heterocycles. The van der Waals surface area contributed by atoms with Gasteiger partial charge in [0.15, 0.2) is 0 Å². The van der Waals surface area contributed by atoms with Gasteiger partial charge in [0.2, 0.25) is 0 Å². The molecule has 1 aliphatic rings. The highest BCUT2D eigenvalue weighted by atomic mass is 19.1. The van der Waals surface area contributed by atoms with E-state index in [2.05, 4.69) is 5.32 Å². The van der Waals surface area contributed by atoms with Gasteiger partial charge in [-0.25, -0.2) is 4.39 Å². The molecular formula is C15H20FNO2. The number of aryl methyl sites for hydroxylation is 1. The first-order chi connectivity index (χ1) is 9.00. The molecule has 0 unspecified atom stereocenters. The van der Waals surface area contributed by atoms with Gasteiger partial charge in [-0.1, -0.05) is 19.3 Å². The normalized spacial score (nSPS) is 18.1. The van der Waals surface area contributed by atoms with Crippen LogP contribution in [-0.2, 0) is 0 Å². The maximum atomic E-state index is 13.1. The summed E-state index contributed by atoms with van der Waals surface area (Å²) >= 11 is 0. The minimum Gasteiger partial charge on any atom is -0.388 e. The van der Waals surface area contributed by atoms with Crippen LogP contribution in [0.1, 0.15) is 48.0 Å². The lowest BCUT2D eigenvalue weighted by Crippen LogP contribution is -2.44. The quantitative estimate of drug-likeness (QED) is 0.882. The van der Waals surface area contributed by atoms with Crippen LogP contribution in [0.4, 0.5) is 4.39 Å². The number of hydrogen-bond acceptors (Lipinski definition) is 2. The zero-order valence-electron chi connectivity index (χ0n) is 11.2. The molecule has 0 aliphatic heterocycles. The molecule has 1 fully saturated rings. The summed E-state index contributed by atoms with van der Waals surface area (Å²) < 4.78 is 13.1. The Morgan fingerprint density at radius 1 is 1.37 bits per heavy atom. The highest BCUT2D eigenvalue weighted by Crippen LogP contribution is 2.27. The Kier molecular flexibility index (Phi) is 4.20. The number of amides is 1. The van der Waals surface area contributed by atoms with Crippen LogP contribution in [0.2, 0.25) is 0 Å². The topological polar surface area (TPSA) is 49.3 Å². The van der Waals surface area contributed by atoms with Gasteiger partial charge in [0.25, 0.3) is 5.91 Å². The first-order valence-corrected chi connectivity index (χ1v) is 6.77. The molecule has 1 amide bonds. The van der Waals surface area contributed by atoms with E-state index in [9.17, 15) is 14.3 Å². The first-order valence-electron chi connectivity index (χ1n) is 6.77. The summed E-state index contributed by atoms with van der Waals surface area (Å²) in [6.45, 7) is 1.89. The molecule has 0 aromatic heterocycles. The second kappa shape index (κ2) is 5.70. The maximum Gasteiger partial charge on any atom is 0.251 e. The maximum absolute atomic E-state index is 13.1. The number of nitrogens with one attached hydrogen (secondary N) is 1. The molecule has 0 spiro atoms. The van der Waals surface area contributed by atoms with E-state index in [0.717, 1.165) is 32.1 Å². The molecule has 104 valence electrons. The average molecular weight is 265 g/mol. The van der Waals surface area contributed by atoms with Crippen LogP contribution in [0.5, 0.6) is 0 Å². The molecule has 2 rings (SSSR count). The van der Waals surface area contributed by atoms with Crippen molar-refractivity contribution >= 4 is 5.91 Å². The molecular weight excluding hydrogens is 245 g/mol. The number of carbonyl (C=O) groups is 1. The Balaban J connectivity index is 1.95. The summed E-state index contributed by atoms with van der Waals surface area (Å²) in [5, 5.41) is 13.0. The minimum absolute atomic E-state index is 0.262. The van der Waals surface area contributed by atoms with E-state index in [0.29, 0.717) is 11.1 Å². The first kappa shape index (κ1) is 14.0. The Morgan fingerprint density at radius 2 is 2.05 bits per heavy atom. The largest absolute Gasteiger partial charge is 0.388 e. The predicted molar refractivity (Wildman–Crippen MR) is 71.5 cm³/mol. The summed E-state index contributed by atoms with van der Waals surface area (Å²) in [7, 11) is 0. The van der Waals surface area contributed by atoms with Crippen molar-refractivity contribution in [1.29, 1.82) is 0 Å². The Labute approximate surface area is 112 Å². The van der Waals surface area contributed by atoms with E-state index >= 15 is 0 Å². The third-order valence-corrected chi connectivity index (χ3v) is 3.78. The molecule has 1 aliphatic carbocycles. The molecule has 0 atom stereocenters. The predicted octanol–water partition coefficient (Wildman–Crippen LogP) is 2.56. The van der Waals surface area contributed by atoms with E-state index in [-0.39, 0.29) is 18.3 Å². The van der Waals surface area contributed by atoms with Gasteiger partial charge in [0, 0.05) is 12.1 Å². The second-order valence-corrected chi connectivity index (χ2v) is 5.43. The van der Waals surface area contributed by atoms with Crippen molar-refractivity contribution in [1.82, 2.24) is 5.32 Å². The molecule has 0 bridgehead atoms. The fourth-order valence-corrected chi connectivity index (χ4v) is 2.52. The third-order valence-electron chi connectivity index (χ3n) is 3.78. The van der Waals surface area contributed by atoms with Gasteiger partial charge in [-0.05, 0) is 43.5 Å². The zero-order valence-corrected chi connectivity index (χ0v) is 11.2. The monoisotopic (exact) mass is 265 g/mol. The van der Waals surface area contributed by atoms with Crippen LogP contribution in [-0.4, -0.2) is 23.2 Å². The van der Waals surface area contributed by atoms with E-state index < -0.39 is 5.60 Å². The summed E-state index contributed by atoms with van der Waals surface area (Å²) in [5.41, 5.74) is 0.102. The van der Waals surface area contributed by atoms with Crippen molar-refractivity contribution < 1.29 is 14.3 Å². The molecule has 3 nitrogen and oxygen atoms in total. The molecule has 0 radical (unpaired) electrons. The van der Waals surface area contributed by atoms with Crippen LogP contribution < -0.4 is 5.32 Å². The molecule has 2 N–H and O–H groups in total. The van der Waals surface area contributed by atoms with Gasteiger partial charge in [-0.2, -0.15) is 0 Å². The van der Waals surface area contributed by atoms with Crippen LogP contribution >= 0.6 is 0 Å². The molecule has 1 aromatic rings. The van der Waals surface area contributed by atoms with E-state index in [1.54, 1.807) is 6.92 Å². The zero-order chi connectivity index (χ0) is 13.9. The summed E-state index contributed by atoms with van der Waals surface area (Å²) in [6, 6.07) is 4.28. The fraction of sp³-hybridized carbons (Fsp3) is 0.533. The van der Waals surface area contributed by atoms with Gasteiger partial charge in [0.1, 0.15) is 5.82 Å². The highest BCUT2D eigenvalue weighted by Gasteiger charge is 2.29. The number of carbonyl (C=O) groups excluding carboxylic acids is 1. The summed E-state index contributed by atoms with van der Waals surface area (Å²) in [4.78, 5) is 11.9. The van der Waals surface area contributed by atoms with Crippen LogP contribution in [0.15, 0.2) is 18.2 Å². The van der Waals surface area contributed by atoms with Crippen molar-refractivity contribution in [2.24, 2.45) is 0 Å². The lowest BCUT2D eigenvalue weighted by atomic mass is 9.85. The number of aliphatic hydroxyl groups is 1. The van der Waals surface area contributed by atoms with Gasteiger partial charge >= 0.3 is 0 Å². The standard InChI is InChI=1S/C15H20FNO2/c1-11-9-12(5-6-13(11)16)14(18)17-10-15(19)7-3-2-4-8-15/h5-6,9,19H,2-4,7-8,10H2,1H3,(H,17,18). The Bertz CT molecular complexity index is 467. The number of rotatable bonds is 3. The molecule has 0 heterocycles. The second-order valence-electron chi connectivity index (χ2n) is 5.43. The SMILES string of the molecule is Cc1cc(C(=O)NCC2(O)CCCCC2)ccc1F. The lowest BCUT2D eigenvalue weighted by Gasteiger charge is -2.32. The number of hydrogen-bond donors (Lipinski definition) is 2. The highest BCUT2D eigenvalue weighted by molar-refractivity contribution is 5.94. The van der Waals surface area contributed by atoms with E-state index in [4.69, 9.17) is 0 Å². The van der Waals surface area contributed by atoms with E-state index in [1.165, 1.54) is 18.2 Å². The number of halogens is 1. The Hall–Kier alpha value is -1.42. The van der Waals surface area contributed by atoms with Crippen molar-refractivity contribution in [3.63, 3.8) is 0 Å². The molecule has 1 aromatic carbocycles. The van der Waals surface area contributed by atoms with Crippen molar-refractivity contribution in [2.75, 3.05) is 6.54 Å². The van der Waals surface area contributed by atoms with Crippen LogP contribution in [0.3, 0.4) is 0 Å². The smallest absolute Gasteiger partial charge is 0.251 e. The molecule has 1 saturated carbocycles. The average Bonchev–Trinajstić information content (AvgIpc) is 2.40. The number of benzene rings is 1. The van der Waals surface area contributed by atoms with Crippen molar-refractivity contribution in [3.8, 4) is 0 Å². The van der Waals surface area contributed by atoms with Crippen LogP contribution in [0, 0.1) is 12.7 Å². The minimum atomic E-state index is -0.775. The fourth-order valence-electron chi connectivity index (χ4n) is 2.52.